The summed E-state index contributed by atoms with van der Waals surface area (Å²) in [7, 11) is 3.14. The molecule has 176 valence electrons. The number of rotatable bonds is 8. The average Bonchev–Trinajstić information content (AvgIpc) is 3.41. The molecule has 1 aromatic heterocycles. The fourth-order valence-electron chi connectivity index (χ4n) is 3.56. The highest BCUT2D eigenvalue weighted by Gasteiger charge is 2.31. The number of anilines is 1. The molecule has 1 unspecified atom stereocenters. The summed E-state index contributed by atoms with van der Waals surface area (Å²) in [6.45, 7) is 2.14. The zero-order valence-corrected chi connectivity index (χ0v) is 19.1. The molecule has 34 heavy (non-hydrogen) atoms. The lowest BCUT2D eigenvalue weighted by Crippen LogP contribution is -2.41. The summed E-state index contributed by atoms with van der Waals surface area (Å²) >= 11 is 0. The molecular weight excluding hydrogens is 438 g/mol. The van der Waals surface area contributed by atoms with Gasteiger partial charge in [0.2, 0.25) is 0 Å². The molecule has 0 spiro atoms. The van der Waals surface area contributed by atoms with E-state index < -0.39 is 12.2 Å². The molecule has 1 aliphatic heterocycles. The van der Waals surface area contributed by atoms with Crippen molar-refractivity contribution in [2.75, 3.05) is 19.5 Å². The average molecular weight is 463 g/mol. The number of hydrogen-bond donors (Lipinski definition) is 1. The van der Waals surface area contributed by atoms with E-state index in [9.17, 15) is 9.59 Å². The lowest BCUT2D eigenvalue weighted by atomic mass is 10.0. The quantitative estimate of drug-likeness (QED) is 0.520. The van der Waals surface area contributed by atoms with Crippen LogP contribution in [-0.4, -0.2) is 43.0 Å². The van der Waals surface area contributed by atoms with E-state index in [1.54, 1.807) is 44.6 Å². The molecule has 1 N–H and O–H groups in total. The van der Waals surface area contributed by atoms with Crippen LogP contribution in [0.5, 0.6) is 11.5 Å². The Morgan fingerprint density at radius 2 is 1.85 bits per heavy atom. The number of carbonyl (C=O) groups is 2. The fraction of sp³-hybridized carbons (Fsp3) is 0.240. The number of nitrogens with zero attached hydrogens (tertiary/aromatic N) is 2. The van der Waals surface area contributed by atoms with E-state index in [-0.39, 0.29) is 18.2 Å². The summed E-state index contributed by atoms with van der Waals surface area (Å²) in [5.41, 5.74) is 2.83. The Hall–Kier alpha value is -4.27. The Morgan fingerprint density at radius 3 is 2.50 bits per heavy atom. The van der Waals surface area contributed by atoms with Gasteiger partial charge in [0.15, 0.2) is 17.3 Å². The van der Waals surface area contributed by atoms with Gasteiger partial charge in [0.25, 0.3) is 5.91 Å². The Balaban J connectivity index is 1.53. The van der Waals surface area contributed by atoms with E-state index in [2.05, 4.69) is 10.4 Å². The van der Waals surface area contributed by atoms with Crippen molar-refractivity contribution in [2.24, 2.45) is 5.10 Å². The van der Waals surface area contributed by atoms with E-state index in [1.807, 2.05) is 31.2 Å². The van der Waals surface area contributed by atoms with Crippen molar-refractivity contribution in [2.45, 2.75) is 26.0 Å². The maximum absolute atomic E-state index is 12.6. The molecule has 4 rings (SSSR count). The molecule has 0 saturated carbocycles. The van der Waals surface area contributed by atoms with Crippen molar-refractivity contribution >= 4 is 23.4 Å². The first-order chi connectivity index (χ1) is 16.5. The van der Waals surface area contributed by atoms with Crippen molar-refractivity contribution < 1.29 is 28.2 Å². The minimum atomic E-state index is -0.522. The number of nitrogens with one attached hydrogen (secondary N) is 1. The zero-order valence-electron chi connectivity index (χ0n) is 19.1. The summed E-state index contributed by atoms with van der Waals surface area (Å²) in [5, 5.41) is 8.66. The number of methoxy groups -OCH3 is 2. The summed E-state index contributed by atoms with van der Waals surface area (Å²) < 4.78 is 21.5. The van der Waals surface area contributed by atoms with Crippen molar-refractivity contribution in [3.8, 4) is 11.5 Å². The molecule has 2 amide bonds. The van der Waals surface area contributed by atoms with E-state index in [4.69, 9.17) is 18.6 Å². The molecule has 2 aromatic carbocycles. The Labute approximate surface area is 196 Å². The summed E-state index contributed by atoms with van der Waals surface area (Å²) in [6, 6.07) is 15.8. The normalized spacial score (nSPS) is 15.4. The van der Waals surface area contributed by atoms with Gasteiger partial charge < -0.3 is 23.9 Å². The maximum Gasteiger partial charge on any atom is 0.431 e. The second-order valence-corrected chi connectivity index (χ2v) is 7.52. The SMILES string of the molecule is CCC1OC(=O)N(Cc2ccc(NC(=O)c3ccco3)cc2)N=C1c1ccc(OC)c(OC)c1. The van der Waals surface area contributed by atoms with Crippen molar-refractivity contribution in [3.63, 3.8) is 0 Å². The third kappa shape index (κ3) is 4.88. The highest BCUT2D eigenvalue weighted by molar-refractivity contribution is 6.06. The number of benzene rings is 2. The third-order valence-corrected chi connectivity index (χ3v) is 5.33. The van der Waals surface area contributed by atoms with Gasteiger partial charge in [-0.05, 0) is 54.4 Å². The topological polar surface area (TPSA) is 103 Å². The van der Waals surface area contributed by atoms with Gasteiger partial charge in [0.1, 0.15) is 11.8 Å². The van der Waals surface area contributed by atoms with E-state index in [0.29, 0.717) is 29.3 Å². The lowest BCUT2D eigenvalue weighted by Gasteiger charge is -2.29. The molecule has 0 aliphatic carbocycles. The number of hydrogen-bond acceptors (Lipinski definition) is 7. The highest BCUT2D eigenvalue weighted by Crippen LogP contribution is 2.30. The van der Waals surface area contributed by atoms with Gasteiger partial charge in [-0.25, -0.2) is 4.79 Å². The predicted molar refractivity (Wildman–Crippen MR) is 125 cm³/mol. The van der Waals surface area contributed by atoms with Crippen molar-refractivity contribution in [1.82, 2.24) is 5.01 Å². The molecule has 1 aliphatic rings. The molecule has 3 aromatic rings. The molecule has 0 radical (unpaired) electrons. The molecule has 0 fully saturated rings. The Kier molecular flexibility index (Phi) is 6.82. The van der Waals surface area contributed by atoms with Crippen LogP contribution in [-0.2, 0) is 11.3 Å². The van der Waals surface area contributed by atoms with Crippen LogP contribution in [0.3, 0.4) is 0 Å². The van der Waals surface area contributed by atoms with Crippen LogP contribution in [0.2, 0.25) is 0 Å². The number of amides is 2. The van der Waals surface area contributed by atoms with E-state index in [1.165, 1.54) is 11.3 Å². The van der Waals surface area contributed by atoms with Crippen LogP contribution >= 0.6 is 0 Å². The van der Waals surface area contributed by atoms with Gasteiger partial charge in [-0.2, -0.15) is 10.1 Å². The van der Waals surface area contributed by atoms with Crippen LogP contribution in [0, 0.1) is 0 Å². The van der Waals surface area contributed by atoms with Crippen LogP contribution in [0.4, 0.5) is 10.5 Å². The van der Waals surface area contributed by atoms with Crippen molar-refractivity contribution in [1.29, 1.82) is 0 Å². The smallest absolute Gasteiger partial charge is 0.431 e. The minimum Gasteiger partial charge on any atom is -0.493 e. The summed E-state index contributed by atoms with van der Waals surface area (Å²) in [6.07, 6.45) is 1.03. The van der Waals surface area contributed by atoms with Gasteiger partial charge in [-0.3, -0.25) is 4.79 Å². The molecule has 9 nitrogen and oxygen atoms in total. The van der Waals surface area contributed by atoms with E-state index in [0.717, 1.165) is 11.1 Å². The van der Waals surface area contributed by atoms with E-state index >= 15 is 0 Å². The molecule has 0 bridgehead atoms. The zero-order chi connectivity index (χ0) is 24.1. The number of furan rings is 1. The predicted octanol–water partition coefficient (Wildman–Crippen LogP) is 4.68. The summed E-state index contributed by atoms with van der Waals surface area (Å²) in [4.78, 5) is 24.7. The van der Waals surface area contributed by atoms with Crippen LogP contribution in [0.1, 0.15) is 35.0 Å². The van der Waals surface area contributed by atoms with Gasteiger partial charge in [0, 0.05) is 11.3 Å². The van der Waals surface area contributed by atoms with Crippen molar-refractivity contribution in [3.05, 3.63) is 77.7 Å². The van der Waals surface area contributed by atoms with Gasteiger partial charge in [-0.1, -0.05) is 19.1 Å². The first kappa shape index (κ1) is 22.9. The number of cyclic esters (lactones) is 1. The lowest BCUT2D eigenvalue weighted by molar-refractivity contribution is 0.0712. The number of carbonyl (C=O) groups excluding carboxylic acids is 2. The standard InChI is InChI=1S/C25H25N3O6/c1-4-19-23(17-9-12-20(31-2)22(14-17)32-3)27-28(25(30)34-19)15-16-7-10-18(11-8-16)26-24(29)21-6-5-13-33-21/h5-14,19H,4,15H2,1-3H3,(H,26,29). The van der Waals surface area contributed by atoms with Crippen LogP contribution in [0.15, 0.2) is 70.4 Å². The Morgan fingerprint density at radius 1 is 1.09 bits per heavy atom. The van der Waals surface area contributed by atoms with Gasteiger partial charge in [0.05, 0.1) is 27.0 Å². The number of ether oxygens (including phenoxy) is 3. The monoisotopic (exact) mass is 463 g/mol. The van der Waals surface area contributed by atoms with Gasteiger partial charge >= 0.3 is 6.09 Å². The fourth-order valence-corrected chi connectivity index (χ4v) is 3.56. The van der Waals surface area contributed by atoms with Gasteiger partial charge in [-0.15, -0.1) is 0 Å². The molecule has 2 heterocycles. The highest BCUT2D eigenvalue weighted by atomic mass is 16.6. The molecule has 1 atom stereocenters. The molecule has 0 saturated heterocycles. The largest absolute Gasteiger partial charge is 0.493 e. The molecular formula is C25H25N3O6. The molecule has 9 heteroatoms. The second-order valence-electron chi connectivity index (χ2n) is 7.52. The number of hydrazone groups is 1. The second kappa shape index (κ2) is 10.1. The maximum atomic E-state index is 12.6. The first-order valence-electron chi connectivity index (χ1n) is 10.7. The van der Waals surface area contributed by atoms with Crippen LogP contribution in [0.25, 0.3) is 0 Å². The first-order valence-corrected chi connectivity index (χ1v) is 10.7. The minimum absolute atomic E-state index is 0.207. The Bertz CT molecular complexity index is 1190. The summed E-state index contributed by atoms with van der Waals surface area (Å²) in [5.74, 6) is 1.05. The van der Waals surface area contributed by atoms with Crippen LogP contribution < -0.4 is 14.8 Å². The third-order valence-electron chi connectivity index (χ3n) is 5.33.